The number of aryl methyl sites for hydroxylation is 1. The molecule has 0 aliphatic heterocycles. The van der Waals surface area contributed by atoms with Crippen LogP contribution >= 0.6 is 0 Å². The summed E-state index contributed by atoms with van der Waals surface area (Å²) in [6.45, 7) is 0. The number of hydrogen-bond acceptors (Lipinski definition) is 3. The van der Waals surface area contributed by atoms with E-state index in [2.05, 4.69) is 10.1 Å². The van der Waals surface area contributed by atoms with E-state index in [-0.39, 0.29) is 5.56 Å². The van der Waals surface area contributed by atoms with Crippen LogP contribution in [0.3, 0.4) is 0 Å². The van der Waals surface area contributed by atoms with E-state index in [1.165, 1.54) is 10.9 Å². The highest BCUT2D eigenvalue weighted by Gasteiger charge is 2.15. The van der Waals surface area contributed by atoms with Gasteiger partial charge in [0.1, 0.15) is 11.3 Å². The number of pyridine rings is 1. The number of rotatable bonds is 2. The number of aromatic carboxylic acids is 1. The van der Waals surface area contributed by atoms with Crippen LogP contribution < -0.4 is 0 Å². The maximum atomic E-state index is 10.9. The van der Waals surface area contributed by atoms with E-state index in [0.717, 1.165) is 0 Å². The van der Waals surface area contributed by atoms with Gasteiger partial charge in [0.25, 0.3) is 0 Å². The van der Waals surface area contributed by atoms with Crippen molar-refractivity contribution in [2.24, 2.45) is 7.05 Å². The molecule has 2 aromatic heterocycles. The minimum absolute atomic E-state index is 0.186. The Labute approximate surface area is 86.0 Å². The maximum absolute atomic E-state index is 10.9. The van der Waals surface area contributed by atoms with Gasteiger partial charge in [-0.15, -0.1) is 0 Å². The third kappa shape index (κ3) is 1.71. The summed E-state index contributed by atoms with van der Waals surface area (Å²) in [5.41, 5.74) is 1.33. The number of hydrogen-bond donors (Lipinski definition) is 1. The fourth-order valence-corrected chi connectivity index (χ4v) is 1.36. The Balaban J connectivity index is 2.58. The molecule has 0 amide bonds. The third-order valence-electron chi connectivity index (χ3n) is 1.99. The van der Waals surface area contributed by atoms with Crippen molar-refractivity contribution in [3.8, 4) is 11.3 Å². The quantitative estimate of drug-likeness (QED) is 0.795. The smallest absolute Gasteiger partial charge is 0.339 e. The fourth-order valence-electron chi connectivity index (χ4n) is 1.36. The van der Waals surface area contributed by atoms with Crippen molar-refractivity contribution in [2.45, 2.75) is 0 Å². The van der Waals surface area contributed by atoms with Crippen LogP contribution in [0.1, 0.15) is 10.4 Å². The van der Waals surface area contributed by atoms with Gasteiger partial charge in [-0.3, -0.25) is 9.67 Å². The molecule has 0 spiro atoms. The number of carbonyl (C=O) groups is 1. The van der Waals surface area contributed by atoms with Crippen LogP contribution in [0, 0.1) is 0 Å². The molecule has 0 bridgehead atoms. The van der Waals surface area contributed by atoms with Gasteiger partial charge in [0.2, 0.25) is 0 Å². The van der Waals surface area contributed by atoms with Crippen molar-refractivity contribution < 1.29 is 9.90 Å². The average Bonchev–Trinajstić information content (AvgIpc) is 2.62. The minimum Gasteiger partial charge on any atom is -0.478 e. The molecule has 2 rings (SSSR count). The van der Waals surface area contributed by atoms with Gasteiger partial charge in [-0.2, -0.15) is 5.10 Å². The summed E-state index contributed by atoms with van der Waals surface area (Å²) in [7, 11) is 1.69. The molecule has 15 heavy (non-hydrogen) atoms. The first-order chi connectivity index (χ1) is 7.18. The molecule has 5 heteroatoms. The van der Waals surface area contributed by atoms with Crippen molar-refractivity contribution >= 4 is 5.97 Å². The molecule has 76 valence electrons. The van der Waals surface area contributed by atoms with Gasteiger partial charge in [-0.05, 0) is 12.1 Å². The minimum atomic E-state index is -0.984. The van der Waals surface area contributed by atoms with E-state index in [4.69, 9.17) is 5.11 Å². The lowest BCUT2D eigenvalue weighted by Gasteiger charge is -1.96. The molecule has 0 saturated carbocycles. The number of carboxylic acid groups (broad SMARTS) is 1. The van der Waals surface area contributed by atoms with Gasteiger partial charge in [0, 0.05) is 31.2 Å². The van der Waals surface area contributed by atoms with Gasteiger partial charge in [0.15, 0.2) is 0 Å². The van der Waals surface area contributed by atoms with Crippen LogP contribution in [-0.2, 0) is 7.05 Å². The Morgan fingerprint density at radius 2 is 2.33 bits per heavy atom. The Morgan fingerprint density at radius 3 is 2.93 bits per heavy atom. The SMILES string of the molecule is Cn1cc(C(=O)O)c(-c2cccnc2)n1. The van der Waals surface area contributed by atoms with E-state index in [1.54, 1.807) is 31.6 Å². The van der Waals surface area contributed by atoms with Crippen molar-refractivity contribution in [2.75, 3.05) is 0 Å². The first-order valence-corrected chi connectivity index (χ1v) is 4.36. The molecule has 0 aromatic carbocycles. The third-order valence-corrected chi connectivity index (χ3v) is 1.99. The Kier molecular flexibility index (Phi) is 2.21. The summed E-state index contributed by atoms with van der Waals surface area (Å²) >= 11 is 0. The summed E-state index contributed by atoms with van der Waals surface area (Å²) < 4.78 is 1.48. The van der Waals surface area contributed by atoms with Crippen LogP contribution in [0.4, 0.5) is 0 Å². The van der Waals surface area contributed by atoms with Crippen molar-refractivity contribution in [3.05, 3.63) is 36.3 Å². The molecule has 0 fully saturated rings. The van der Waals surface area contributed by atoms with E-state index >= 15 is 0 Å². The maximum Gasteiger partial charge on any atom is 0.339 e. The van der Waals surface area contributed by atoms with E-state index in [1.807, 2.05) is 0 Å². The molecule has 5 nitrogen and oxygen atoms in total. The van der Waals surface area contributed by atoms with Crippen LogP contribution in [0.15, 0.2) is 30.7 Å². The second-order valence-corrected chi connectivity index (χ2v) is 3.11. The fraction of sp³-hybridized carbons (Fsp3) is 0.100. The second-order valence-electron chi connectivity index (χ2n) is 3.11. The zero-order valence-corrected chi connectivity index (χ0v) is 8.08. The molecule has 0 unspecified atom stereocenters. The van der Waals surface area contributed by atoms with Crippen LogP contribution in [0.25, 0.3) is 11.3 Å². The molecule has 0 saturated heterocycles. The lowest BCUT2D eigenvalue weighted by Crippen LogP contribution is -1.96. The molecule has 0 radical (unpaired) electrons. The average molecular weight is 203 g/mol. The topological polar surface area (TPSA) is 68.0 Å². The van der Waals surface area contributed by atoms with Gasteiger partial charge in [0.05, 0.1) is 0 Å². The van der Waals surface area contributed by atoms with E-state index < -0.39 is 5.97 Å². The lowest BCUT2D eigenvalue weighted by molar-refractivity contribution is 0.0697. The standard InChI is InChI=1S/C10H9N3O2/c1-13-6-8(10(14)15)9(12-13)7-3-2-4-11-5-7/h2-6H,1H3,(H,14,15). The predicted octanol–water partition coefficient (Wildman–Crippen LogP) is 1.18. The summed E-state index contributed by atoms with van der Waals surface area (Å²) in [5.74, 6) is -0.984. The van der Waals surface area contributed by atoms with Gasteiger partial charge < -0.3 is 5.11 Å². The van der Waals surface area contributed by atoms with Gasteiger partial charge in [-0.1, -0.05) is 0 Å². The molecule has 0 aliphatic carbocycles. The number of nitrogens with zero attached hydrogens (tertiary/aromatic N) is 3. The van der Waals surface area contributed by atoms with Gasteiger partial charge in [-0.25, -0.2) is 4.79 Å². The Hall–Kier alpha value is -2.17. The zero-order chi connectivity index (χ0) is 10.8. The summed E-state index contributed by atoms with van der Waals surface area (Å²) in [6.07, 6.45) is 4.70. The summed E-state index contributed by atoms with van der Waals surface area (Å²) in [4.78, 5) is 14.9. The Bertz CT molecular complexity index is 491. The zero-order valence-electron chi connectivity index (χ0n) is 8.08. The normalized spacial score (nSPS) is 10.2. The molecule has 1 N–H and O–H groups in total. The highest BCUT2D eigenvalue weighted by Crippen LogP contribution is 2.20. The largest absolute Gasteiger partial charge is 0.478 e. The predicted molar refractivity (Wildman–Crippen MR) is 53.4 cm³/mol. The number of aromatic nitrogens is 3. The van der Waals surface area contributed by atoms with Crippen LogP contribution in [0.2, 0.25) is 0 Å². The molecular weight excluding hydrogens is 194 g/mol. The van der Waals surface area contributed by atoms with Crippen molar-refractivity contribution in [3.63, 3.8) is 0 Å². The first-order valence-electron chi connectivity index (χ1n) is 4.36. The highest BCUT2D eigenvalue weighted by atomic mass is 16.4. The van der Waals surface area contributed by atoms with Crippen molar-refractivity contribution in [1.29, 1.82) is 0 Å². The van der Waals surface area contributed by atoms with Crippen molar-refractivity contribution in [1.82, 2.24) is 14.8 Å². The second kappa shape index (κ2) is 3.53. The highest BCUT2D eigenvalue weighted by molar-refractivity contribution is 5.94. The lowest BCUT2D eigenvalue weighted by atomic mass is 10.1. The molecule has 0 aliphatic rings. The monoisotopic (exact) mass is 203 g/mol. The molecule has 2 heterocycles. The van der Waals surface area contributed by atoms with E-state index in [9.17, 15) is 4.79 Å². The van der Waals surface area contributed by atoms with Crippen LogP contribution in [-0.4, -0.2) is 25.8 Å². The summed E-state index contributed by atoms with van der Waals surface area (Å²) in [5, 5.41) is 13.1. The Morgan fingerprint density at radius 1 is 1.53 bits per heavy atom. The first kappa shape index (κ1) is 9.39. The molecule has 2 aromatic rings. The van der Waals surface area contributed by atoms with E-state index in [0.29, 0.717) is 11.3 Å². The van der Waals surface area contributed by atoms with Gasteiger partial charge >= 0.3 is 5.97 Å². The summed E-state index contributed by atoms with van der Waals surface area (Å²) in [6, 6.07) is 3.53. The van der Waals surface area contributed by atoms with Crippen LogP contribution in [0.5, 0.6) is 0 Å². The molecule has 0 atom stereocenters. The number of carboxylic acids is 1. The molecular formula is C10H9N3O2.